The third-order valence-electron chi connectivity index (χ3n) is 7.22. The van der Waals surface area contributed by atoms with E-state index < -0.39 is 11.2 Å². The van der Waals surface area contributed by atoms with Gasteiger partial charge in [0.1, 0.15) is 0 Å². The first kappa shape index (κ1) is 32.1. The first-order chi connectivity index (χ1) is 22.0. The average Bonchev–Trinajstić information content (AvgIpc) is 3.52. The number of aryl methyl sites for hydroxylation is 1. The van der Waals surface area contributed by atoms with E-state index in [-0.39, 0.29) is 35.4 Å². The summed E-state index contributed by atoms with van der Waals surface area (Å²) in [4.78, 5) is 45.8. The van der Waals surface area contributed by atoms with Crippen molar-refractivity contribution in [2.75, 3.05) is 12.0 Å². The molecule has 0 atom stereocenters. The number of benzene rings is 3. The van der Waals surface area contributed by atoms with Gasteiger partial charge in [0.05, 0.1) is 24.2 Å². The van der Waals surface area contributed by atoms with Gasteiger partial charge < -0.3 is 9.47 Å². The van der Waals surface area contributed by atoms with Gasteiger partial charge in [-0.1, -0.05) is 75.2 Å². The smallest absolute Gasteiger partial charge is 0.332 e. The monoisotopic (exact) mass is 757 g/mol. The van der Waals surface area contributed by atoms with Crippen molar-refractivity contribution < 1.29 is 14.3 Å². The van der Waals surface area contributed by atoms with Crippen molar-refractivity contribution in [3.63, 3.8) is 0 Å². The second kappa shape index (κ2) is 12.7. The molecule has 1 saturated heterocycles. The molecule has 1 aliphatic rings. The number of methoxy groups -OCH3 is 1. The lowest BCUT2D eigenvalue weighted by Crippen LogP contribution is -2.37. The number of nitrogens with zero attached hydrogens (tertiary/aromatic N) is 5. The van der Waals surface area contributed by atoms with Gasteiger partial charge in [0.15, 0.2) is 27.0 Å². The van der Waals surface area contributed by atoms with Crippen LogP contribution in [0.4, 0.5) is 5.69 Å². The van der Waals surface area contributed by atoms with Gasteiger partial charge in [-0.3, -0.25) is 28.2 Å². The van der Waals surface area contributed by atoms with E-state index in [4.69, 9.17) is 44.9 Å². The minimum absolute atomic E-state index is 0.0285. The molecule has 6 rings (SSSR count). The van der Waals surface area contributed by atoms with Gasteiger partial charge in [0.2, 0.25) is 0 Å². The molecule has 234 valence electrons. The molecule has 10 nitrogen and oxygen atoms in total. The molecule has 15 heteroatoms. The van der Waals surface area contributed by atoms with Crippen molar-refractivity contribution in [2.24, 2.45) is 14.1 Å². The molecule has 1 fully saturated rings. The van der Waals surface area contributed by atoms with E-state index in [2.05, 4.69) is 20.9 Å². The van der Waals surface area contributed by atoms with Crippen LogP contribution < -0.4 is 25.6 Å². The number of hydrogen-bond acceptors (Lipinski definition) is 8. The van der Waals surface area contributed by atoms with E-state index in [0.717, 1.165) is 9.04 Å². The van der Waals surface area contributed by atoms with Gasteiger partial charge in [-0.25, -0.2) is 4.79 Å². The number of hydrogen-bond donors (Lipinski definition) is 0. The number of halogens is 3. The van der Waals surface area contributed by atoms with Crippen LogP contribution in [0.15, 0.2) is 79.6 Å². The highest BCUT2D eigenvalue weighted by atomic mass is 79.9. The lowest BCUT2D eigenvalue weighted by atomic mass is 10.2. The summed E-state index contributed by atoms with van der Waals surface area (Å²) in [5.74, 6) is 0.378. The van der Waals surface area contributed by atoms with Gasteiger partial charge in [-0.2, -0.15) is 4.98 Å². The summed E-state index contributed by atoms with van der Waals surface area (Å²) >= 11 is 22.7. The highest BCUT2D eigenvalue weighted by molar-refractivity contribution is 9.10. The van der Waals surface area contributed by atoms with Crippen LogP contribution in [0, 0.1) is 0 Å². The number of carbonyl (C=O) groups is 1. The van der Waals surface area contributed by atoms with Crippen LogP contribution >= 0.6 is 63.1 Å². The minimum Gasteiger partial charge on any atom is -0.493 e. The van der Waals surface area contributed by atoms with Crippen molar-refractivity contribution in [1.82, 2.24) is 18.7 Å². The fraction of sp³-hybridized carbons (Fsp3) is 0.129. The summed E-state index contributed by atoms with van der Waals surface area (Å²) in [5.41, 5.74) is 1.18. The number of thioether (sulfide) groups is 1. The second-order valence-electron chi connectivity index (χ2n) is 10.1. The zero-order chi connectivity index (χ0) is 32.9. The van der Waals surface area contributed by atoms with Crippen molar-refractivity contribution in [3.05, 3.63) is 112 Å². The Hall–Kier alpha value is -3.88. The van der Waals surface area contributed by atoms with Gasteiger partial charge in [-0.05, 0) is 65.7 Å². The van der Waals surface area contributed by atoms with E-state index in [1.54, 1.807) is 47.0 Å². The summed E-state index contributed by atoms with van der Waals surface area (Å²) in [7, 11) is 4.40. The summed E-state index contributed by atoms with van der Waals surface area (Å²) in [6, 6.07) is 17.5. The Labute approximate surface area is 289 Å². The third-order valence-corrected chi connectivity index (χ3v) is 9.64. The number of ether oxygens (including phenoxy) is 2. The first-order valence-corrected chi connectivity index (χ1v) is 16.2. The predicted octanol–water partition coefficient (Wildman–Crippen LogP) is 6.76. The molecule has 0 unspecified atom stereocenters. The first-order valence-electron chi connectivity index (χ1n) is 13.5. The highest BCUT2D eigenvalue weighted by Crippen LogP contribution is 2.39. The van der Waals surface area contributed by atoms with Gasteiger partial charge >= 0.3 is 11.7 Å². The van der Waals surface area contributed by atoms with Crippen molar-refractivity contribution in [1.29, 1.82) is 0 Å². The molecule has 3 heterocycles. The zero-order valence-electron chi connectivity index (χ0n) is 24.3. The maximum atomic E-state index is 13.3. The Bertz CT molecular complexity index is 2230. The average molecular weight is 759 g/mol. The standard InChI is InChI=1S/C31H22BrCl2N5O5S2/c1-36-26-25(28(41)37(2)30(36)42)38(15-17-5-8-19(33)14-21(17)34)29(35-26)44-22-11-4-16(12-23(22)43-3)13-24-27(40)39(31(45)46-24)20-9-6-18(32)7-10-20/h4-14H,15H2,1-3H3. The largest absolute Gasteiger partial charge is 0.493 e. The van der Waals surface area contributed by atoms with Crippen LogP contribution in [0.5, 0.6) is 17.5 Å². The molecule has 3 aromatic carbocycles. The maximum Gasteiger partial charge on any atom is 0.332 e. The molecule has 0 aliphatic carbocycles. The molecule has 0 N–H and O–H groups in total. The molecule has 1 aliphatic heterocycles. The lowest BCUT2D eigenvalue weighted by Gasteiger charge is -2.14. The predicted molar refractivity (Wildman–Crippen MR) is 189 cm³/mol. The second-order valence-corrected chi connectivity index (χ2v) is 13.5. The van der Waals surface area contributed by atoms with E-state index in [0.29, 0.717) is 41.8 Å². The van der Waals surface area contributed by atoms with Crippen LogP contribution in [0.1, 0.15) is 11.1 Å². The van der Waals surface area contributed by atoms with Crippen LogP contribution in [0.25, 0.3) is 17.2 Å². The summed E-state index contributed by atoms with van der Waals surface area (Å²) in [6.45, 7) is 0.0931. The van der Waals surface area contributed by atoms with Crippen molar-refractivity contribution >= 4 is 96.3 Å². The summed E-state index contributed by atoms with van der Waals surface area (Å²) in [6.07, 6.45) is 1.72. The highest BCUT2D eigenvalue weighted by Gasteiger charge is 2.33. The molecule has 46 heavy (non-hydrogen) atoms. The van der Waals surface area contributed by atoms with E-state index in [1.165, 1.54) is 42.4 Å². The van der Waals surface area contributed by atoms with E-state index in [1.807, 2.05) is 24.3 Å². The SMILES string of the molecule is COc1cc(C=C2SC(=S)N(c3ccc(Br)cc3)C2=O)ccc1Oc1nc2c(c(=O)n(C)c(=O)n2C)n1Cc1ccc(Cl)cc1Cl. The number of imidazole rings is 1. The van der Waals surface area contributed by atoms with E-state index in [9.17, 15) is 14.4 Å². The number of rotatable bonds is 7. The van der Waals surface area contributed by atoms with Crippen LogP contribution in [-0.2, 0) is 25.4 Å². The molecule has 0 bridgehead atoms. The number of aromatic nitrogens is 4. The third kappa shape index (κ3) is 5.89. The molecule has 2 aromatic heterocycles. The number of fused-ring (bicyclic) bond motifs is 1. The molecule has 5 aromatic rings. The minimum atomic E-state index is -0.548. The van der Waals surface area contributed by atoms with Gasteiger partial charge in [-0.15, -0.1) is 0 Å². The van der Waals surface area contributed by atoms with Crippen LogP contribution in [0.2, 0.25) is 10.0 Å². The Balaban J connectivity index is 1.38. The fourth-order valence-electron chi connectivity index (χ4n) is 4.86. The van der Waals surface area contributed by atoms with Crippen molar-refractivity contribution in [2.45, 2.75) is 6.54 Å². The zero-order valence-corrected chi connectivity index (χ0v) is 29.0. The Morgan fingerprint density at radius 2 is 1.72 bits per heavy atom. The molecule has 0 radical (unpaired) electrons. The quantitative estimate of drug-likeness (QED) is 0.133. The number of amides is 1. The van der Waals surface area contributed by atoms with Crippen LogP contribution in [-0.4, -0.2) is 36.0 Å². The summed E-state index contributed by atoms with van der Waals surface area (Å²) < 4.78 is 17.0. The van der Waals surface area contributed by atoms with Crippen molar-refractivity contribution in [3.8, 4) is 17.5 Å². The number of anilines is 1. The molecular weight excluding hydrogens is 737 g/mol. The topological polar surface area (TPSA) is 101 Å². The van der Waals surface area contributed by atoms with E-state index >= 15 is 0 Å². The summed E-state index contributed by atoms with van der Waals surface area (Å²) in [5, 5.41) is 0.841. The lowest BCUT2D eigenvalue weighted by molar-refractivity contribution is -0.113. The molecular formula is C31H22BrCl2N5O5S2. The Morgan fingerprint density at radius 3 is 2.41 bits per heavy atom. The molecule has 1 amide bonds. The van der Waals surface area contributed by atoms with Gasteiger partial charge in [0, 0.05) is 28.6 Å². The molecule has 0 saturated carbocycles. The van der Waals surface area contributed by atoms with Crippen LogP contribution in [0.3, 0.4) is 0 Å². The maximum absolute atomic E-state index is 13.3. The number of thiocarbonyl (C=S) groups is 1. The van der Waals surface area contributed by atoms with Gasteiger partial charge in [0.25, 0.3) is 11.5 Å². The fourth-order valence-corrected chi connectivity index (χ4v) is 6.89. The number of carbonyl (C=O) groups excluding carboxylic acids is 1. The Kier molecular flexibility index (Phi) is 8.87. The molecule has 0 spiro atoms. The Morgan fingerprint density at radius 1 is 0.978 bits per heavy atom. The normalized spacial score (nSPS) is 14.1.